The van der Waals surface area contributed by atoms with Gasteiger partial charge in [-0.1, -0.05) is 109 Å². The van der Waals surface area contributed by atoms with Crippen LogP contribution in [-0.4, -0.2) is 15.0 Å². The van der Waals surface area contributed by atoms with Crippen LogP contribution in [0, 0.1) is 0 Å². The first kappa shape index (κ1) is 33.3. The lowest BCUT2D eigenvalue weighted by Gasteiger charge is -2.11. The van der Waals surface area contributed by atoms with Crippen LogP contribution in [0.2, 0.25) is 0 Å². The summed E-state index contributed by atoms with van der Waals surface area (Å²) in [6.45, 7) is 0. The first-order valence-corrected chi connectivity index (χ1v) is 19.1. The number of hydrogen-bond donors (Lipinski definition) is 2. The fraction of sp³-hybridized carbons (Fsp3) is 0.0600. The summed E-state index contributed by atoms with van der Waals surface area (Å²) >= 11 is 0. The molecule has 10 aromatic rings. The number of hydrogen-bond acceptors (Lipinski definition) is 3. The first-order valence-electron chi connectivity index (χ1n) is 19.1. The van der Waals surface area contributed by atoms with E-state index in [1.807, 2.05) is 12.1 Å². The van der Waals surface area contributed by atoms with Crippen LogP contribution in [0.3, 0.4) is 0 Å². The van der Waals surface area contributed by atoms with Crippen molar-refractivity contribution in [2.24, 2.45) is 16.7 Å². The highest BCUT2D eigenvalue weighted by atomic mass is 16.3. The maximum absolute atomic E-state index is 6.42. The molecule has 3 heterocycles. The number of amidine groups is 1. The van der Waals surface area contributed by atoms with Crippen molar-refractivity contribution in [3.05, 3.63) is 198 Å². The highest BCUT2D eigenvalue weighted by Crippen LogP contribution is 2.44. The zero-order chi connectivity index (χ0) is 37.6. The third-order valence-electron chi connectivity index (χ3n) is 11.0. The number of para-hydroxylation sites is 2. The Kier molecular flexibility index (Phi) is 8.22. The molecule has 1 aliphatic carbocycles. The number of fused-ring (bicyclic) bond motifs is 10. The van der Waals surface area contributed by atoms with E-state index in [9.17, 15) is 0 Å². The molecule has 3 aromatic heterocycles. The molecule has 0 radical (unpaired) electrons. The summed E-state index contributed by atoms with van der Waals surface area (Å²) in [6.07, 6.45) is 7.36. The van der Waals surface area contributed by atoms with E-state index < -0.39 is 0 Å². The van der Waals surface area contributed by atoms with Crippen molar-refractivity contribution in [2.45, 2.75) is 19.3 Å². The minimum atomic E-state index is 0.310. The van der Waals surface area contributed by atoms with Crippen LogP contribution in [0.15, 0.2) is 179 Å². The zero-order valence-electron chi connectivity index (χ0n) is 30.8. The van der Waals surface area contributed by atoms with Gasteiger partial charge >= 0.3 is 0 Å². The summed E-state index contributed by atoms with van der Waals surface area (Å²) in [5, 5.41) is 9.71. The Morgan fingerprint density at radius 1 is 0.589 bits per heavy atom. The van der Waals surface area contributed by atoms with E-state index in [1.54, 1.807) is 0 Å². The summed E-state index contributed by atoms with van der Waals surface area (Å²) in [5.41, 5.74) is 18.5. The SMILES string of the molecule is N/N=C(\N)c1ccc(-n2c3ccccc3c3ccc4c(c5cc6c7c(oc6cc5n4-c4ccccc4)C=CCC7)c32)cc1.c1ccc(Cc2ccccc2)cc1. The predicted molar refractivity (Wildman–Crippen MR) is 233 cm³/mol. The van der Waals surface area contributed by atoms with Crippen LogP contribution < -0.4 is 11.6 Å². The summed E-state index contributed by atoms with van der Waals surface area (Å²) in [4.78, 5) is 0. The number of aromatic nitrogens is 2. The quantitative estimate of drug-likeness (QED) is 0.0801. The molecule has 0 atom stereocenters. The number of allylic oxidation sites excluding steroid dienone is 1. The lowest BCUT2D eigenvalue weighted by atomic mass is 9.99. The third kappa shape index (κ3) is 5.62. The van der Waals surface area contributed by atoms with E-state index in [0.717, 1.165) is 64.1 Å². The fourth-order valence-corrected chi connectivity index (χ4v) is 8.43. The maximum atomic E-state index is 6.42. The van der Waals surface area contributed by atoms with E-state index >= 15 is 0 Å². The molecule has 11 rings (SSSR count). The second-order valence-electron chi connectivity index (χ2n) is 14.3. The predicted octanol–water partition coefficient (Wildman–Crippen LogP) is 11.4. The molecule has 0 bridgehead atoms. The standard InChI is InChI=1S/C37H27N5O.C13H12/c38-37(40-39)22-14-16-24(17-15-22)42-30-12-6-4-10-25(30)27-18-19-31-35(36(27)42)29-20-28-26-11-5-7-13-33(26)43-34(28)21-32(29)41(31)23-8-2-1-3-9-23;1-3-7-12(8-4-1)11-13-9-5-2-6-10-13/h1-4,6-10,12-21H,5,11,39H2,(H2,38,40);1-10H,11H2. The number of nitrogens with two attached hydrogens (primary N) is 2. The molecule has 270 valence electrons. The number of nitrogens with zero attached hydrogens (tertiary/aromatic N) is 3. The van der Waals surface area contributed by atoms with Gasteiger partial charge in [0.05, 0.1) is 22.1 Å². The number of aryl methyl sites for hydroxylation is 1. The fourth-order valence-electron chi connectivity index (χ4n) is 8.43. The van der Waals surface area contributed by atoms with Crippen molar-refractivity contribution in [1.82, 2.24) is 9.13 Å². The van der Waals surface area contributed by atoms with Gasteiger partial charge in [0.2, 0.25) is 0 Å². The minimum absolute atomic E-state index is 0.310. The molecular weight excluding hydrogens is 687 g/mol. The molecule has 0 amide bonds. The zero-order valence-corrected chi connectivity index (χ0v) is 30.8. The van der Waals surface area contributed by atoms with Crippen molar-refractivity contribution >= 4 is 66.5 Å². The highest BCUT2D eigenvalue weighted by molar-refractivity contribution is 6.27. The molecule has 56 heavy (non-hydrogen) atoms. The molecule has 1 aliphatic rings. The number of hydrazone groups is 1. The lowest BCUT2D eigenvalue weighted by Crippen LogP contribution is -2.15. The smallest absolute Gasteiger partial charge is 0.150 e. The van der Waals surface area contributed by atoms with Gasteiger partial charge in [-0.15, -0.1) is 0 Å². The number of benzene rings is 7. The van der Waals surface area contributed by atoms with Crippen LogP contribution in [0.4, 0.5) is 0 Å². The first-order chi connectivity index (χ1) is 27.7. The molecule has 0 spiro atoms. The van der Waals surface area contributed by atoms with Gasteiger partial charge in [0.25, 0.3) is 0 Å². The Labute approximate surface area is 324 Å². The number of furan rings is 1. The van der Waals surface area contributed by atoms with Crippen LogP contribution in [-0.2, 0) is 12.8 Å². The molecule has 0 saturated carbocycles. The second kappa shape index (κ2) is 13.8. The van der Waals surface area contributed by atoms with E-state index in [1.165, 1.54) is 49.1 Å². The van der Waals surface area contributed by atoms with Crippen molar-refractivity contribution < 1.29 is 4.42 Å². The van der Waals surface area contributed by atoms with Gasteiger partial charge in [-0.2, -0.15) is 5.10 Å². The van der Waals surface area contributed by atoms with Crippen LogP contribution in [0.25, 0.3) is 72.0 Å². The second-order valence-corrected chi connectivity index (χ2v) is 14.3. The van der Waals surface area contributed by atoms with Gasteiger partial charge < -0.3 is 25.1 Å². The molecule has 0 fully saturated rings. The molecule has 0 saturated heterocycles. The van der Waals surface area contributed by atoms with Gasteiger partial charge in [-0.25, -0.2) is 0 Å². The topological polar surface area (TPSA) is 87.4 Å². The molecule has 0 unspecified atom stereocenters. The monoisotopic (exact) mass is 725 g/mol. The highest BCUT2D eigenvalue weighted by Gasteiger charge is 2.23. The maximum Gasteiger partial charge on any atom is 0.150 e. The summed E-state index contributed by atoms with van der Waals surface area (Å²) in [6, 6.07) is 57.5. The van der Waals surface area contributed by atoms with Crippen molar-refractivity contribution in [1.29, 1.82) is 0 Å². The van der Waals surface area contributed by atoms with E-state index in [-0.39, 0.29) is 0 Å². The molecule has 6 nitrogen and oxygen atoms in total. The van der Waals surface area contributed by atoms with Gasteiger partial charge in [0, 0.05) is 55.5 Å². The van der Waals surface area contributed by atoms with Gasteiger partial charge in [0.15, 0.2) is 0 Å². The summed E-state index contributed by atoms with van der Waals surface area (Å²) in [5.74, 6) is 6.76. The Balaban J connectivity index is 0.000000251. The third-order valence-corrected chi connectivity index (χ3v) is 11.0. The van der Waals surface area contributed by atoms with Crippen molar-refractivity contribution in [3.8, 4) is 11.4 Å². The Bertz CT molecular complexity index is 3060. The van der Waals surface area contributed by atoms with Gasteiger partial charge in [-0.3, -0.25) is 0 Å². The van der Waals surface area contributed by atoms with Crippen LogP contribution in [0.1, 0.15) is 34.4 Å². The largest absolute Gasteiger partial charge is 0.456 e. The molecule has 7 aromatic carbocycles. The summed E-state index contributed by atoms with van der Waals surface area (Å²) in [7, 11) is 0. The van der Waals surface area contributed by atoms with E-state index in [2.05, 4.69) is 178 Å². The van der Waals surface area contributed by atoms with Gasteiger partial charge in [0.1, 0.15) is 17.2 Å². The average Bonchev–Trinajstić information content (AvgIpc) is 3.91. The molecular formula is C50H39N5O. The summed E-state index contributed by atoms with van der Waals surface area (Å²) < 4.78 is 11.2. The lowest BCUT2D eigenvalue weighted by molar-refractivity contribution is 0.595. The normalized spacial score (nSPS) is 12.8. The molecule has 6 heteroatoms. The van der Waals surface area contributed by atoms with Crippen LogP contribution in [0.5, 0.6) is 0 Å². The van der Waals surface area contributed by atoms with Gasteiger partial charge in [-0.05, 0) is 91.1 Å². The Morgan fingerprint density at radius 2 is 1.25 bits per heavy atom. The van der Waals surface area contributed by atoms with Crippen molar-refractivity contribution in [2.75, 3.05) is 0 Å². The van der Waals surface area contributed by atoms with E-state index in [4.69, 9.17) is 16.0 Å². The molecule has 4 N–H and O–H groups in total. The Hall–Kier alpha value is -7.31. The number of rotatable bonds is 5. The Morgan fingerprint density at radius 3 is 1.96 bits per heavy atom. The van der Waals surface area contributed by atoms with Crippen molar-refractivity contribution in [3.63, 3.8) is 0 Å². The van der Waals surface area contributed by atoms with E-state index in [0.29, 0.717) is 5.84 Å². The molecule has 0 aliphatic heterocycles. The average molecular weight is 726 g/mol. The van der Waals surface area contributed by atoms with Crippen LogP contribution >= 0.6 is 0 Å². The minimum Gasteiger partial charge on any atom is -0.456 e.